The van der Waals surface area contributed by atoms with Gasteiger partial charge in [-0.05, 0) is 42.5 Å². The lowest BCUT2D eigenvalue weighted by Gasteiger charge is -2.04. The van der Waals surface area contributed by atoms with Crippen LogP contribution >= 0.6 is 22.9 Å². The number of ether oxygens (including phenoxy) is 1. The Kier molecular flexibility index (Phi) is 5.24. The lowest BCUT2D eigenvalue weighted by Crippen LogP contribution is -2.19. The minimum atomic E-state index is -3.91. The number of methoxy groups -OCH3 is 1. The third-order valence-electron chi connectivity index (χ3n) is 3.47. The van der Waals surface area contributed by atoms with Gasteiger partial charge in [0.05, 0.1) is 21.7 Å². The Hall–Kier alpha value is -1.74. The summed E-state index contributed by atoms with van der Waals surface area (Å²) in [6.45, 7) is 0.772. The van der Waals surface area contributed by atoms with Crippen LogP contribution in [-0.2, 0) is 21.3 Å². The monoisotopic (exact) mass is 400 g/mol. The van der Waals surface area contributed by atoms with E-state index in [1.54, 1.807) is 17.7 Å². The van der Waals surface area contributed by atoms with Crippen LogP contribution in [0.5, 0.6) is 0 Å². The Morgan fingerprint density at radius 3 is 2.64 bits per heavy atom. The number of hydrogen-bond donors (Lipinski definition) is 0. The molecule has 0 atom stereocenters. The van der Waals surface area contributed by atoms with Crippen LogP contribution in [-0.4, -0.2) is 26.7 Å². The maximum absolute atomic E-state index is 13.5. The van der Waals surface area contributed by atoms with E-state index in [0.29, 0.717) is 28.4 Å². The first kappa shape index (κ1) is 18.1. The number of thiazole rings is 1. The van der Waals surface area contributed by atoms with Crippen molar-refractivity contribution in [2.45, 2.75) is 11.4 Å². The van der Waals surface area contributed by atoms with Gasteiger partial charge in [-0.3, -0.25) is 0 Å². The molecule has 0 fully saturated rings. The molecular formula is C16H14ClFN2O3S2. The van der Waals surface area contributed by atoms with Gasteiger partial charge >= 0.3 is 0 Å². The van der Waals surface area contributed by atoms with Crippen LogP contribution in [0.1, 0.15) is 0 Å². The molecule has 0 unspecified atom stereocenters. The molecule has 1 heterocycles. The lowest BCUT2D eigenvalue weighted by atomic mass is 10.3. The van der Waals surface area contributed by atoms with Gasteiger partial charge in [0.1, 0.15) is 5.82 Å². The second-order valence-corrected chi connectivity index (χ2v) is 8.21. The van der Waals surface area contributed by atoms with E-state index in [0.717, 1.165) is 11.3 Å². The summed E-state index contributed by atoms with van der Waals surface area (Å²) in [6.07, 6.45) is 0. The molecule has 0 amide bonds. The van der Waals surface area contributed by atoms with Crippen molar-refractivity contribution in [1.29, 1.82) is 0 Å². The summed E-state index contributed by atoms with van der Waals surface area (Å²) in [5.41, 5.74) is 0.702. The van der Waals surface area contributed by atoms with Crippen LogP contribution in [0, 0.1) is 5.82 Å². The molecule has 1 aromatic heterocycles. The summed E-state index contributed by atoms with van der Waals surface area (Å²) in [6, 6.07) is 10.1. The highest BCUT2D eigenvalue weighted by molar-refractivity contribution is 7.90. The maximum atomic E-state index is 13.5. The highest BCUT2D eigenvalue weighted by Gasteiger charge is 2.15. The van der Waals surface area contributed by atoms with Gasteiger partial charge in [-0.25, -0.2) is 4.39 Å². The number of fused-ring (bicyclic) bond motifs is 1. The molecule has 2 aromatic carbocycles. The highest BCUT2D eigenvalue weighted by atomic mass is 35.5. The van der Waals surface area contributed by atoms with Gasteiger partial charge in [0.15, 0.2) is 0 Å². The quantitative estimate of drug-likeness (QED) is 0.659. The average Bonchev–Trinajstić information content (AvgIpc) is 2.88. The van der Waals surface area contributed by atoms with E-state index < -0.39 is 10.0 Å². The molecule has 25 heavy (non-hydrogen) atoms. The Morgan fingerprint density at radius 2 is 1.96 bits per heavy atom. The Labute approximate surface area is 153 Å². The third-order valence-corrected chi connectivity index (χ3v) is 6.16. The average molecular weight is 401 g/mol. The number of nitrogens with zero attached hydrogens (tertiary/aromatic N) is 2. The smallest absolute Gasteiger partial charge is 0.285 e. The number of benzene rings is 2. The molecule has 132 valence electrons. The van der Waals surface area contributed by atoms with Gasteiger partial charge in [0.25, 0.3) is 10.0 Å². The van der Waals surface area contributed by atoms with E-state index in [-0.39, 0.29) is 15.5 Å². The summed E-state index contributed by atoms with van der Waals surface area (Å²) in [4.78, 5) is 0.298. The SMILES string of the molecule is COCCn1/c(=N/S(=O)(=O)c2ccc(Cl)cc2)sc2cc(F)ccc21. The molecule has 0 aliphatic carbocycles. The Balaban J connectivity index is 2.18. The van der Waals surface area contributed by atoms with Crippen molar-refractivity contribution in [3.05, 3.63) is 58.1 Å². The van der Waals surface area contributed by atoms with E-state index in [2.05, 4.69) is 4.40 Å². The van der Waals surface area contributed by atoms with Crippen molar-refractivity contribution in [3.63, 3.8) is 0 Å². The molecule has 0 saturated carbocycles. The van der Waals surface area contributed by atoms with E-state index >= 15 is 0 Å². The molecule has 0 N–H and O–H groups in total. The normalized spacial score (nSPS) is 12.8. The number of rotatable bonds is 5. The van der Waals surface area contributed by atoms with Crippen LogP contribution < -0.4 is 4.80 Å². The first-order valence-electron chi connectivity index (χ1n) is 7.25. The molecule has 0 radical (unpaired) electrons. The van der Waals surface area contributed by atoms with Crippen LogP contribution in [0.2, 0.25) is 5.02 Å². The summed E-state index contributed by atoms with van der Waals surface area (Å²) < 4.78 is 49.9. The Bertz CT molecular complexity index is 1070. The molecule has 5 nitrogen and oxygen atoms in total. The molecule has 0 bridgehead atoms. The number of aromatic nitrogens is 1. The van der Waals surface area contributed by atoms with Crippen LogP contribution in [0.25, 0.3) is 10.2 Å². The van der Waals surface area contributed by atoms with Crippen molar-refractivity contribution >= 4 is 43.2 Å². The summed E-state index contributed by atoms with van der Waals surface area (Å²) in [5.74, 6) is -0.389. The van der Waals surface area contributed by atoms with Gasteiger partial charge in [0.2, 0.25) is 4.80 Å². The zero-order chi connectivity index (χ0) is 18.0. The zero-order valence-corrected chi connectivity index (χ0v) is 15.5. The fraction of sp³-hybridized carbons (Fsp3) is 0.188. The van der Waals surface area contributed by atoms with Gasteiger partial charge < -0.3 is 9.30 Å². The minimum absolute atomic E-state index is 0.0406. The van der Waals surface area contributed by atoms with Gasteiger partial charge in [-0.15, -0.1) is 4.40 Å². The van der Waals surface area contributed by atoms with Crippen molar-refractivity contribution < 1.29 is 17.5 Å². The maximum Gasteiger partial charge on any atom is 0.285 e. The van der Waals surface area contributed by atoms with E-state index in [1.165, 1.54) is 36.4 Å². The topological polar surface area (TPSA) is 60.7 Å². The number of hydrogen-bond acceptors (Lipinski definition) is 4. The summed E-state index contributed by atoms with van der Waals surface area (Å²) >= 11 is 6.90. The molecule has 9 heteroatoms. The third kappa shape index (κ3) is 3.92. The fourth-order valence-corrected chi connectivity index (χ4v) is 4.69. The van der Waals surface area contributed by atoms with Crippen molar-refractivity contribution in [3.8, 4) is 0 Å². The molecule has 0 spiro atoms. The second kappa shape index (κ2) is 7.25. The fourth-order valence-electron chi connectivity index (χ4n) is 2.28. The van der Waals surface area contributed by atoms with Crippen molar-refractivity contribution in [2.75, 3.05) is 13.7 Å². The van der Waals surface area contributed by atoms with Gasteiger partial charge in [-0.1, -0.05) is 22.9 Å². The highest BCUT2D eigenvalue weighted by Crippen LogP contribution is 2.20. The summed E-state index contributed by atoms with van der Waals surface area (Å²) in [7, 11) is -2.36. The molecule has 0 saturated heterocycles. The van der Waals surface area contributed by atoms with Gasteiger partial charge in [-0.2, -0.15) is 8.42 Å². The Morgan fingerprint density at radius 1 is 1.24 bits per heavy atom. The first-order chi connectivity index (χ1) is 11.9. The van der Waals surface area contributed by atoms with Crippen molar-refractivity contribution in [1.82, 2.24) is 4.57 Å². The largest absolute Gasteiger partial charge is 0.383 e. The number of sulfonamides is 1. The van der Waals surface area contributed by atoms with E-state index in [9.17, 15) is 12.8 Å². The first-order valence-corrected chi connectivity index (χ1v) is 9.88. The molecule has 0 aliphatic rings. The van der Waals surface area contributed by atoms with Gasteiger partial charge in [0, 0.05) is 18.7 Å². The molecule has 0 aliphatic heterocycles. The van der Waals surface area contributed by atoms with E-state index in [4.69, 9.17) is 16.3 Å². The van der Waals surface area contributed by atoms with Crippen LogP contribution in [0.4, 0.5) is 4.39 Å². The number of halogens is 2. The summed E-state index contributed by atoms with van der Waals surface area (Å²) in [5, 5.41) is 0.437. The lowest BCUT2D eigenvalue weighted by molar-refractivity contribution is 0.187. The van der Waals surface area contributed by atoms with Crippen molar-refractivity contribution in [2.24, 2.45) is 4.40 Å². The zero-order valence-electron chi connectivity index (χ0n) is 13.1. The van der Waals surface area contributed by atoms with E-state index in [1.807, 2.05) is 0 Å². The molecular weight excluding hydrogens is 387 g/mol. The van der Waals surface area contributed by atoms with Crippen LogP contribution in [0.3, 0.4) is 0 Å². The molecule has 3 aromatic rings. The second-order valence-electron chi connectivity index (χ2n) is 5.16. The minimum Gasteiger partial charge on any atom is -0.383 e. The molecule has 3 rings (SSSR count). The van der Waals surface area contributed by atoms with Crippen LogP contribution in [0.15, 0.2) is 51.8 Å². The standard InChI is InChI=1S/C16H14ClFN2O3S2/c1-23-9-8-20-14-7-4-12(18)10-15(14)24-16(20)19-25(21,22)13-5-2-11(17)3-6-13/h2-7,10H,8-9H2,1H3/b19-16-. The predicted molar refractivity (Wildman–Crippen MR) is 95.8 cm³/mol. The predicted octanol–water partition coefficient (Wildman–Crippen LogP) is 3.43.